The van der Waals surface area contributed by atoms with Gasteiger partial charge >= 0.3 is 5.97 Å². The van der Waals surface area contributed by atoms with Gasteiger partial charge in [-0.3, -0.25) is 9.69 Å². The highest BCUT2D eigenvalue weighted by Gasteiger charge is 2.28. The molecule has 4 nitrogen and oxygen atoms in total. The molecule has 1 aliphatic rings. The summed E-state index contributed by atoms with van der Waals surface area (Å²) in [6, 6.07) is 2.95. The van der Waals surface area contributed by atoms with Gasteiger partial charge in [0, 0.05) is 0 Å². The average molecular weight is 267 g/mol. The minimum atomic E-state index is -0.980. The lowest BCUT2D eigenvalue weighted by atomic mass is 10.0. The van der Waals surface area contributed by atoms with Gasteiger partial charge in [-0.15, -0.1) is 0 Å². The van der Waals surface area contributed by atoms with Crippen LogP contribution in [0.5, 0.6) is 5.75 Å². The Morgan fingerprint density at radius 3 is 2.37 bits per heavy atom. The van der Waals surface area contributed by atoms with Crippen molar-refractivity contribution in [3.63, 3.8) is 0 Å². The number of aromatic hydroxyl groups is 1. The minimum absolute atomic E-state index is 0.379. The molecule has 1 heterocycles. The Balaban J connectivity index is 2.27. The Labute approximate surface area is 111 Å². The molecule has 1 aromatic carbocycles. The molecule has 0 spiro atoms. The number of hydrogen-bond acceptors (Lipinski definition) is 3. The van der Waals surface area contributed by atoms with Crippen LogP contribution in [-0.2, 0) is 4.79 Å². The first-order chi connectivity index (χ1) is 9.09. The Morgan fingerprint density at radius 2 is 1.84 bits per heavy atom. The van der Waals surface area contributed by atoms with E-state index in [1.54, 1.807) is 0 Å². The summed E-state index contributed by atoms with van der Waals surface area (Å²) >= 11 is 0. The van der Waals surface area contributed by atoms with Crippen LogP contribution in [-0.4, -0.2) is 34.2 Å². The fourth-order valence-electron chi connectivity index (χ4n) is 2.56. The second kappa shape index (κ2) is 6.02. The van der Waals surface area contributed by atoms with E-state index in [-0.39, 0.29) is 0 Å². The summed E-state index contributed by atoms with van der Waals surface area (Å²) in [7, 11) is 0. The third-order valence-electron chi connectivity index (χ3n) is 3.53. The maximum atomic E-state index is 13.4. The van der Waals surface area contributed by atoms with Crippen LogP contribution in [0.1, 0.15) is 37.3 Å². The van der Waals surface area contributed by atoms with Crippen molar-refractivity contribution in [2.45, 2.75) is 31.7 Å². The molecule has 0 aromatic heterocycles. The monoisotopic (exact) mass is 267 g/mol. The highest BCUT2D eigenvalue weighted by Crippen LogP contribution is 2.27. The summed E-state index contributed by atoms with van der Waals surface area (Å²) < 4.78 is 13.4. The maximum absolute atomic E-state index is 13.4. The lowest BCUT2D eigenvalue weighted by Crippen LogP contribution is -2.34. The molecule has 0 saturated carbocycles. The van der Waals surface area contributed by atoms with Gasteiger partial charge in [-0.2, -0.15) is 0 Å². The Morgan fingerprint density at radius 1 is 1.21 bits per heavy atom. The van der Waals surface area contributed by atoms with E-state index in [0.717, 1.165) is 31.7 Å². The molecule has 0 bridgehead atoms. The van der Waals surface area contributed by atoms with E-state index in [1.807, 2.05) is 4.90 Å². The number of nitrogens with zero attached hydrogens (tertiary/aromatic N) is 1. The van der Waals surface area contributed by atoms with Crippen LogP contribution in [0.15, 0.2) is 18.2 Å². The summed E-state index contributed by atoms with van der Waals surface area (Å²) in [5, 5.41) is 18.6. The first-order valence-corrected chi connectivity index (χ1v) is 6.55. The van der Waals surface area contributed by atoms with Crippen LogP contribution in [0.3, 0.4) is 0 Å². The first-order valence-electron chi connectivity index (χ1n) is 6.55. The van der Waals surface area contributed by atoms with E-state index in [0.29, 0.717) is 18.7 Å². The predicted molar refractivity (Wildman–Crippen MR) is 68.5 cm³/mol. The molecule has 19 heavy (non-hydrogen) atoms. The smallest absolute Gasteiger partial charge is 0.325 e. The number of aliphatic carboxylic acids is 1. The van der Waals surface area contributed by atoms with E-state index < -0.39 is 23.6 Å². The fraction of sp³-hybridized carbons (Fsp3) is 0.500. The van der Waals surface area contributed by atoms with E-state index in [2.05, 4.69) is 0 Å². The van der Waals surface area contributed by atoms with E-state index in [9.17, 15) is 19.4 Å². The Kier molecular flexibility index (Phi) is 4.37. The van der Waals surface area contributed by atoms with Gasteiger partial charge in [0.1, 0.15) is 6.04 Å². The molecular weight excluding hydrogens is 249 g/mol. The summed E-state index contributed by atoms with van der Waals surface area (Å²) in [4.78, 5) is 13.4. The summed E-state index contributed by atoms with van der Waals surface area (Å²) in [5.41, 5.74) is 0.379. The highest BCUT2D eigenvalue weighted by molar-refractivity contribution is 5.75. The SMILES string of the molecule is O=C(O)C(c1ccc(O)c(F)c1)N1CCCCCC1. The summed E-state index contributed by atoms with van der Waals surface area (Å²) in [6.45, 7) is 1.42. The van der Waals surface area contributed by atoms with Crippen LogP contribution < -0.4 is 0 Å². The zero-order valence-corrected chi connectivity index (χ0v) is 10.7. The van der Waals surface area contributed by atoms with Crippen molar-refractivity contribution >= 4 is 5.97 Å². The largest absolute Gasteiger partial charge is 0.505 e. The van der Waals surface area contributed by atoms with E-state index in [4.69, 9.17) is 0 Å². The number of likely N-dealkylation sites (tertiary alicyclic amines) is 1. The van der Waals surface area contributed by atoms with Crippen molar-refractivity contribution < 1.29 is 19.4 Å². The molecule has 1 atom stereocenters. The van der Waals surface area contributed by atoms with Gasteiger partial charge in [0.25, 0.3) is 0 Å². The minimum Gasteiger partial charge on any atom is -0.505 e. The van der Waals surface area contributed by atoms with Crippen molar-refractivity contribution in [3.8, 4) is 5.75 Å². The number of halogens is 1. The topological polar surface area (TPSA) is 60.8 Å². The van der Waals surface area contributed by atoms with Gasteiger partial charge in [0.05, 0.1) is 0 Å². The number of carboxylic acid groups (broad SMARTS) is 1. The van der Waals surface area contributed by atoms with Gasteiger partial charge < -0.3 is 10.2 Å². The molecule has 1 aromatic rings. The van der Waals surface area contributed by atoms with Crippen LogP contribution in [0, 0.1) is 5.82 Å². The number of carboxylic acids is 1. The van der Waals surface area contributed by atoms with E-state index >= 15 is 0 Å². The Bertz CT molecular complexity index is 456. The van der Waals surface area contributed by atoms with Crippen LogP contribution in [0.4, 0.5) is 4.39 Å². The number of phenolic OH excluding ortho intramolecular Hbond substituents is 1. The molecule has 1 saturated heterocycles. The third kappa shape index (κ3) is 3.23. The number of rotatable bonds is 3. The van der Waals surface area contributed by atoms with Crippen LogP contribution >= 0.6 is 0 Å². The van der Waals surface area contributed by atoms with Crippen molar-refractivity contribution in [1.29, 1.82) is 0 Å². The molecular formula is C14H18FNO3. The quantitative estimate of drug-likeness (QED) is 0.883. The van der Waals surface area contributed by atoms with Gasteiger partial charge in [0.2, 0.25) is 0 Å². The zero-order valence-electron chi connectivity index (χ0n) is 10.7. The molecule has 1 fully saturated rings. The maximum Gasteiger partial charge on any atom is 0.325 e. The standard InChI is InChI=1S/C14H18FNO3/c15-11-9-10(5-6-12(11)17)13(14(18)19)16-7-3-1-2-4-8-16/h5-6,9,13,17H,1-4,7-8H2,(H,18,19). The second-order valence-electron chi connectivity index (χ2n) is 4.90. The normalized spacial score (nSPS) is 18.8. The third-order valence-corrected chi connectivity index (χ3v) is 3.53. The van der Waals surface area contributed by atoms with Gasteiger partial charge in [-0.25, -0.2) is 4.39 Å². The lowest BCUT2D eigenvalue weighted by Gasteiger charge is -2.27. The summed E-state index contributed by atoms with van der Waals surface area (Å²) in [6.07, 6.45) is 4.13. The summed E-state index contributed by atoms with van der Waals surface area (Å²) in [5.74, 6) is -2.21. The molecule has 2 rings (SSSR count). The van der Waals surface area contributed by atoms with Gasteiger partial charge in [0.15, 0.2) is 11.6 Å². The number of phenols is 1. The van der Waals surface area contributed by atoms with Crippen molar-refractivity contribution in [3.05, 3.63) is 29.6 Å². The lowest BCUT2D eigenvalue weighted by molar-refractivity contribution is -0.143. The molecule has 5 heteroatoms. The van der Waals surface area contributed by atoms with Crippen LogP contribution in [0.2, 0.25) is 0 Å². The Hall–Kier alpha value is -1.62. The van der Waals surface area contributed by atoms with Crippen molar-refractivity contribution in [1.82, 2.24) is 4.90 Å². The number of benzene rings is 1. The highest BCUT2D eigenvalue weighted by atomic mass is 19.1. The number of hydrogen-bond donors (Lipinski definition) is 2. The van der Waals surface area contributed by atoms with Gasteiger partial charge in [-0.1, -0.05) is 18.9 Å². The van der Waals surface area contributed by atoms with Crippen molar-refractivity contribution in [2.24, 2.45) is 0 Å². The van der Waals surface area contributed by atoms with E-state index in [1.165, 1.54) is 12.1 Å². The molecule has 1 aliphatic heterocycles. The van der Waals surface area contributed by atoms with Crippen molar-refractivity contribution in [2.75, 3.05) is 13.1 Å². The average Bonchev–Trinajstić information content (AvgIpc) is 2.62. The first kappa shape index (κ1) is 13.8. The zero-order chi connectivity index (χ0) is 13.8. The fourth-order valence-corrected chi connectivity index (χ4v) is 2.56. The molecule has 2 N–H and O–H groups in total. The molecule has 1 unspecified atom stereocenters. The number of carbonyl (C=O) groups is 1. The molecule has 0 aliphatic carbocycles. The molecule has 104 valence electrons. The van der Waals surface area contributed by atoms with Gasteiger partial charge in [-0.05, 0) is 43.6 Å². The predicted octanol–water partition coefficient (Wildman–Crippen LogP) is 2.53. The van der Waals surface area contributed by atoms with Crippen LogP contribution in [0.25, 0.3) is 0 Å². The molecule has 0 amide bonds. The second-order valence-corrected chi connectivity index (χ2v) is 4.90. The molecule has 0 radical (unpaired) electrons.